The lowest BCUT2D eigenvalue weighted by molar-refractivity contribution is -0.0925. The summed E-state index contributed by atoms with van der Waals surface area (Å²) in [5.74, 6) is 0.120. The Morgan fingerprint density at radius 2 is 2.11 bits per heavy atom. The van der Waals surface area contributed by atoms with Crippen molar-refractivity contribution >= 4 is 42.7 Å². The molecule has 17 heteroatoms. The Bertz CT molecular complexity index is 1610. The average molecular weight is 654 g/mol. The van der Waals surface area contributed by atoms with E-state index in [1.807, 2.05) is 19.9 Å². The average Bonchev–Trinajstić information content (AvgIpc) is 3.60. The number of carbonyl (C=O) groups is 1. The summed E-state index contributed by atoms with van der Waals surface area (Å²) in [6.45, 7) is 5.65. The first kappa shape index (κ1) is 31.0. The summed E-state index contributed by atoms with van der Waals surface area (Å²) in [7, 11) is -2.39. The zero-order valence-electron chi connectivity index (χ0n) is 24.5. The Morgan fingerprint density at radius 1 is 1.30 bits per heavy atom. The van der Waals surface area contributed by atoms with E-state index < -0.39 is 49.7 Å². The van der Waals surface area contributed by atoms with Gasteiger partial charge in [-0.05, 0) is 38.5 Å². The minimum Gasteiger partial charge on any atom is -0.476 e. The summed E-state index contributed by atoms with van der Waals surface area (Å²) in [5, 5.41) is 0.522. The van der Waals surface area contributed by atoms with Crippen LogP contribution in [-0.4, -0.2) is 76.0 Å². The van der Waals surface area contributed by atoms with Gasteiger partial charge in [-0.25, -0.2) is 14.3 Å². The standard InChI is InChI=1S/C27H33ClN5O10P/c1-26(2,36-4)9-11-37-22-19-21(31-24(29)32-22)33(14-30-19)23-27(3)20(41-25(34)42-27)18(40-23)13-39-44(35)38-10-8-17(43-44)15-6-5-7-16(28)12-15/h5-7,12,14,17-18,20,23H,8-11,13H2,1-4H3,(H2,29,31,32)/t17-,18+,20+,23+,27+,44+/m0/s1. The number of benzene rings is 1. The summed E-state index contributed by atoms with van der Waals surface area (Å²) in [4.78, 5) is 25.4. The molecule has 0 bridgehead atoms. The van der Waals surface area contributed by atoms with Crippen LogP contribution in [0.1, 0.15) is 51.5 Å². The van der Waals surface area contributed by atoms with Crippen LogP contribution in [-0.2, 0) is 37.1 Å². The molecule has 5 heterocycles. The van der Waals surface area contributed by atoms with Gasteiger partial charge >= 0.3 is 14.0 Å². The minimum absolute atomic E-state index is 0.0570. The van der Waals surface area contributed by atoms with Crippen LogP contribution in [0.25, 0.3) is 11.2 Å². The van der Waals surface area contributed by atoms with Crippen molar-refractivity contribution in [2.24, 2.45) is 0 Å². The van der Waals surface area contributed by atoms with Crippen molar-refractivity contribution in [2.45, 2.75) is 69.4 Å². The topological polar surface area (TPSA) is 178 Å². The molecule has 44 heavy (non-hydrogen) atoms. The zero-order valence-corrected chi connectivity index (χ0v) is 26.2. The number of rotatable bonds is 10. The molecule has 6 atom stereocenters. The van der Waals surface area contributed by atoms with Gasteiger partial charge in [0.05, 0.1) is 37.9 Å². The normalized spacial score (nSPS) is 30.2. The van der Waals surface area contributed by atoms with Crippen molar-refractivity contribution in [3.63, 3.8) is 0 Å². The molecule has 6 rings (SSSR count). The second kappa shape index (κ2) is 11.7. The van der Waals surface area contributed by atoms with Crippen molar-refractivity contribution in [3.8, 4) is 5.88 Å². The molecule has 3 aliphatic heterocycles. The van der Waals surface area contributed by atoms with E-state index in [-0.39, 0.29) is 37.3 Å². The predicted octanol–water partition coefficient (Wildman–Crippen LogP) is 4.75. The molecule has 1 aromatic carbocycles. The third kappa shape index (κ3) is 5.97. The molecule has 3 fully saturated rings. The number of hydrogen-bond donors (Lipinski definition) is 1. The molecule has 15 nitrogen and oxygen atoms in total. The molecule has 0 radical (unpaired) electrons. The number of nitrogen functional groups attached to an aromatic ring is 1. The molecule has 238 valence electrons. The zero-order chi connectivity index (χ0) is 31.3. The summed E-state index contributed by atoms with van der Waals surface area (Å²) < 4.78 is 60.7. The Labute approximate surface area is 257 Å². The lowest BCUT2D eigenvalue weighted by Crippen LogP contribution is -2.42. The number of aromatic nitrogens is 4. The van der Waals surface area contributed by atoms with Gasteiger partial charge in [0, 0.05) is 25.0 Å². The molecule has 0 aliphatic carbocycles. The molecule has 0 spiro atoms. The molecule has 0 unspecified atom stereocenters. The highest BCUT2D eigenvalue weighted by molar-refractivity contribution is 7.48. The van der Waals surface area contributed by atoms with E-state index >= 15 is 0 Å². The van der Waals surface area contributed by atoms with Crippen LogP contribution in [0, 0.1) is 0 Å². The Balaban J connectivity index is 1.21. The van der Waals surface area contributed by atoms with Crippen LogP contribution in [0.3, 0.4) is 0 Å². The Morgan fingerprint density at radius 3 is 2.89 bits per heavy atom. The van der Waals surface area contributed by atoms with Crippen LogP contribution < -0.4 is 10.5 Å². The second-order valence-electron chi connectivity index (χ2n) is 11.4. The highest BCUT2D eigenvalue weighted by Crippen LogP contribution is 2.58. The molecule has 0 saturated carbocycles. The largest absolute Gasteiger partial charge is 0.509 e. The van der Waals surface area contributed by atoms with Crippen molar-refractivity contribution in [2.75, 3.05) is 32.7 Å². The second-order valence-corrected chi connectivity index (χ2v) is 13.4. The third-order valence-electron chi connectivity index (χ3n) is 7.88. The fourth-order valence-electron chi connectivity index (χ4n) is 5.31. The smallest absolute Gasteiger partial charge is 0.476 e. The maximum absolute atomic E-state index is 13.5. The first-order valence-corrected chi connectivity index (χ1v) is 15.8. The van der Waals surface area contributed by atoms with Crippen LogP contribution in [0.2, 0.25) is 5.02 Å². The number of carbonyl (C=O) groups excluding carboxylic acids is 1. The van der Waals surface area contributed by atoms with Gasteiger partial charge in [-0.1, -0.05) is 23.7 Å². The number of halogens is 1. The number of hydrogen-bond acceptors (Lipinski definition) is 14. The van der Waals surface area contributed by atoms with E-state index in [4.69, 9.17) is 54.6 Å². The van der Waals surface area contributed by atoms with Crippen LogP contribution >= 0.6 is 19.4 Å². The number of nitrogens with zero attached hydrogens (tertiary/aromatic N) is 4. The van der Waals surface area contributed by atoms with E-state index in [0.29, 0.717) is 23.4 Å². The summed E-state index contributed by atoms with van der Waals surface area (Å²) in [6, 6.07) is 7.06. The highest BCUT2D eigenvalue weighted by Gasteiger charge is 2.64. The van der Waals surface area contributed by atoms with Gasteiger partial charge in [0.25, 0.3) is 0 Å². The van der Waals surface area contributed by atoms with E-state index in [9.17, 15) is 9.36 Å². The van der Waals surface area contributed by atoms with E-state index in [0.717, 1.165) is 5.56 Å². The van der Waals surface area contributed by atoms with Gasteiger partial charge in [0.2, 0.25) is 11.8 Å². The molecule has 3 aromatic rings. The molecule has 2 aromatic heterocycles. The van der Waals surface area contributed by atoms with Gasteiger partial charge in [-0.2, -0.15) is 9.97 Å². The minimum atomic E-state index is -4.02. The van der Waals surface area contributed by atoms with Crippen LogP contribution in [0.15, 0.2) is 30.6 Å². The van der Waals surface area contributed by atoms with Gasteiger partial charge in [-0.3, -0.25) is 18.1 Å². The summed E-state index contributed by atoms with van der Waals surface area (Å²) >= 11 is 6.12. The number of imidazole rings is 1. The van der Waals surface area contributed by atoms with Gasteiger partial charge in [0.1, 0.15) is 6.10 Å². The molecule has 3 aliphatic rings. The Hall–Kier alpha value is -3.04. The number of fused-ring (bicyclic) bond motifs is 2. The van der Waals surface area contributed by atoms with E-state index in [1.54, 1.807) is 36.8 Å². The van der Waals surface area contributed by atoms with Gasteiger partial charge in [0.15, 0.2) is 29.1 Å². The van der Waals surface area contributed by atoms with Crippen molar-refractivity contribution in [1.82, 2.24) is 19.5 Å². The fraction of sp³-hybridized carbons (Fsp3) is 0.556. The lowest BCUT2D eigenvalue weighted by atomic mass is 9.96. The molecule has 2 N–H and O–H groups in total. The number of phosphoric ester groups is 1. The molecule has 3 saturated heterocycles. The Kier molecular flexibility index (Phi) is 8.24. The van der Waals surface area contributed by atoms with Gasteiger partial charge < -0.3 is 29.4 Å². The van der Waals surface area contributed by atoms with Crippen molar-refractivity contribution < 1.29 is 46.6 Å². The highest BCUT2D eigenvalue weighted by atomic mass is 35.5. The molecular weight excluding hydrogens is 621 g/mol. The van der Waals surface area contributed by atoms with E-state index in [2.05, 4.69) is 15.0 Å². The third-order valence-corrected chi connectivity index (χ3v) is 9.59. The number of methoxy groups -OCH3 is 1. The quantitative estimate of drug-likeness (QED) is 0.234. The van der Waals surface area contributed by atoms with Crippen molar-refractivity contribution in [3.05, 3.63) is 41.2 Å². The predicted molar refractivity (Wildman–Crippen MR) is 154 cm³/mol. The number of phosphoric acid groups is 1. The lowest BCUT2D eigenvalue weighted by Gasteiger charge is -2.30. The fourth-order valence-corrected chi connectivity index (χ4v) is 6.90. The SMILES string of the molecule is COC(C)(C)CCOc1nc(N)nc2c1ncn2[C@@H]1O[C@H](CO[P@@]2(=O)OCC[C@@H](c3cccc(Cl)c3)O2)[C@H]2OC(=O)O[C@]21C. The van der Waals surface area contributed by atoms with Gasteiger partial charge in [-0.15, -0.1) is 0 Å². The number of anilines is 1. The summed E-state index contributed by atoms with van der Waals surface area (Å²) in [5.41, 5.74) is 5.63. The van der Waals surface area contributed by atoms with E-state index in [1.165, 1.54) is 6.33 Å². The molecular formula is C27H33ClN5O10P. The maximum atomic E-state index is 13.5. The van der Waals surface area contributed by atoms with Crippen molar-refractivity contribution in [1.29, 1.82) is 0 Å². The monoisotopic (exact) mass is 653 g/mol. The number of nitrogens with two attached hydrogens (primary N) is 1. The summed E-state index contributed by atoms with van der Waals surface area (Å²) in [6.07, 6.45) is -1.81. The van der Waals surface area contributed by atoms with Crippen LogP contribution in [0.5, 0.6) is 5.88 Å². The maximum Gasteiger partial charge on any atom is 0.509 e. The number of ether oxygens (including phenoxy) is 5. The van der Waals surface area contributed by atoms with Crippen LogP contribution in [0.4, 0.5) is 10.7 Å². The first-order valence-electron chi connectivity index (χ1n) is 14.0. The molecule has 0 amide bonds. The first-order chi connectivity index (χ1) is 20.9.